The van der Waals surface area contributed by atoms with E-state index in [1.165, 1.54) is 24.3 Å². The minimum absolute atomic E-state index is 0.115. The average Bonchev–Trinajstić information content (AvgIpc) is 1.53. The molecule has 0 radical (unpaired) electrons. The van der Waals surface area contributed by atoms with Gasteiger partial charge in [-0.2, -0.15) is 0 Å². The lowest BCUT2D eigenvalue weighted by Gasteiger charge is -2.34. The summed E-state index contributed by atoms with van der Waals surface area (Å²) in [4.78, 5) is 69.3. The van der Waals surface area contributed by atoms with Gasteiger partial charge in [0.1, 0.15) is 52.0 Å². The number of hydrogen-bond donors (Lipinski definition) is 1. The molecule has 0 atom stereocenters. The topological polar surface area (TPSA) is 165 Å². The van der Waals surface area contributed by atoms with E-state index in [0.29, 0.717) is 71.8 Å². The first-order valence-corrected chi connectivity index (χ1v) is 35.8. The second-order valence-corrected chi connectivity index (χ2v) is 31.8. The van der Waals surface area contributed by atoms with Crippen LogP contribution in [0.2, 0.25) is 25.7 Å². The number of carbonyl (C=O) groups excluding carboxylic acids is 4. The molecule has 490 valence electrons. The van der Waals surface area contributed by atoms with Crippen LogP contribution in [0.5, 0.6) is 23.0 Å². The maximum absolute atomic E-state index is 14.5. The van der Waals surface area contributed by atoms with Crippen LogP contribution < -0.4 is 24.4 Å². The Bertz CT molecular complexity index is 4340. The second kappa shape index (κ2) is 28.6. The summed E-state index contributed by atoms with van der Waals surface area (Å²) >= 11 is 0. The van der Waals surface area contributed by atoms with Gasteiger partial charge in [0, 0.05) is 81.6 Å². The zero-order valence-corrected chi connectivity index (χ0v) is 55.5. The van der Waals surface area contributed by atoms with Gasteiger partial charge >= 0.3 is 12.2 Å². The third-order valence-corrected chi connectivity index (χ3v) is 18.5. The van der Waals surface area contributed by atoms with Gasteiger partial charge in [-0.05, 0) is 109 Å². The van der Waals surface area contributed by atoms with Crippen LogP contribution in [0, 0.1) is 11.6 Å². The molecule has 13 rings (SSSR count). The van der Waals surface area contributed by atoms with Crippen LogP contribution in [-0.2, 0) is 30.9 Å². The predicted molar refractivity (Wildman–Crippen MR) is 366 cm³/mol. The van der Waals surface area contributed by atoms with E-state index in [9.17, 15) is 28.0 Å². The molecule has 5 heterocycles. The van der Waals surface area contributed by atoms with Gasteiger partial charge < -0.3 is 38.4 Å². The fourth-order valence-corrected chi connectivity index (χ4v) is 12.7. The standard InChI is InChI=1S/C41H40FN5O6.C36H35FN2O3Si/c1-41(2,3)53-39(49)44-47-23-21-45(22-24-47)40(50)52-36-31-15-10-20-43-34(31)37(51-35(28-11-6-4-7-12-28)29-13-8-5-9-14-29)33-32(36)26-46(38(33)48)25-27-16-18-30(42)19-17-27;1-43(2,3)22-21-41-34-29-15-10-20-38-32(29)35(42-33(26-11-6-4-7-12-26)27-13-8-5-9-14-27)31-30(34)24-39(36(31)40)23-25-16-18-28(37)19-17-25/h4-20,35H,21-26H2,1-3H3,(H,44,49);4-20,33H,21-24H2,1-3H3. The third kappa shape index (κ3) is 15.2. The fraction of sp³-hybridized carbons (Fsp3) is 0.247. The molecule has 3 aliphatic heterocycles. The Morgan fingerprint density at radius 3 is 1.34 bits per heavy atom. The van der Waals surface area contributed by atoms with Gasteiger partial charge in [0.15, 0.2) is 11.5 Å². The van der Waals surface area contributed by atoms with Crippen LogP contribution in [0.15, 0.2) is 207 Å². The number of benzene rings is 8. The first-order chi connectivity index (χ1) is 46.3. The monoisotopic (exact) mass is 1310 g/mol. The largest absolute Gasteiger partial charge is 0.493 e. The smallest absolute Gasteiger partial charge is 0.422 e. The number of pyridine rings is 2. The first-order valence-electron chi connectivity index (χ1n) is 32.1. The number of rotatable bonds is 18. The SMILES string of the molecule is CC(C)(C)OC(=O)NN1CCN(C(=O)Oc2c3c(c(OC(c4ccccc4)c4ccccc4)c4ncccc24)C(=O)N(Cc2ccc(F)cc2)C3)CC1.C[Si](C)(C)CCOc1c2c(c(OC(c3ccccc3)c3ccccc3)c3ncccc13)C(=O)N(Cc1ccc(F)cc1)C2. The lowest BCUT2D eigenvalue weighted by Crippen LogP contribution is -2.55. The van der Waals surface area contributed by atoms with Crippen molar-refractivity contribution in [2.75, 3.05) is 32.8 Å². The minimum Gasteiger partial charge on any atom is -0.493 e. The molecule has 0 aliphatic carbocycles. The molecular weight excluding hydrogens is 1230 g/mol. The summed E-state index contributed by atoms with van der Waals surface area (Å²) in [5.74, 6) is 0.479. The highest BCUT2D eigenvalue weighted by Gasteiger charge is 2.41. The zero-order chi connectivity index (χ0) is 67.1. The lowest BCUT2D eigenvalue weighted by atomic mass is 9.99. The van der Waals surface area contributed by atoms with Gasteiger partial charge in [-0.25, -0.2) is 23.4 Å². The van der Waals surface area contributed by atoms with E-state index in [1.54, 1.807) is 89.3 Å². The summed E-state index contributed by atoms with van der Waals surface area (Å²) in [6.07, 6.45) is 1.11. The van der Waals surface area contributed by atoms with Gasteiger partial charge in [-0.15, -0.1) is 0 Å². The summed E-state index contributed by atoms with van der Waals surface area (Å²) < 4.78 is 59.4. The number of nitrogens with zero attached hydrogens (tertiary/aromatic N) is 6. The molecule has 16 nitrogen and oxygen atoms in total. The molecule has 1 saturated heterocycles. The number of nitrogens with one attached hydrogen (secondary N) is 1. The van der Waals surface area contributed by atoms with Crippen molar-refractivity contribution in [2.24, 2.45) is 0 Å². The van der Waals surface area contributed by atoms with E-state index in [2.05, 4.69) is 25.1 Å². The molecule has 2 aromatic heterocycles. The van der Waals surface area contributed by atoms with Crippen molar-refractivity contribution in [1.82, 2.24) is 35.1 Å². The lowest BCUT2D eigenvalue weighted by molar-refractivity contribution is 0.0236. The van der Waals surface area contributed by atoms with E-state index in [4.69, 9.17) is 33.7 Å². The van der Waals surface area contributed by atoms with E-state index < -0.39 is 38.1 Å². The Labute approximate surface area is 558 Å². The van der Waals surface area contributed by atoms with Gasteiger partial charge in [0.25, 0.3) is 11.8 Å². The minimum atomic E-state index is -1.37. The van der Waals surface area contributed by atoms with E-state index >= 15 is 0 Å². The molecule has 3 aliphatic rings. The molecule has 8 aromatic carbocycles. The van der Waals surface area contributed by atoms with Crippen LogP contribution in [0.25, 0.3) is 21.8 Å². The number of hydrazine groups is 1. The number of halogens is 2. The summed E-state index contributed by atoms with van der Waals surface area (Å²) in [7, 11) is -1.37. The summed E-state index contributed by atoms with van der Waals surface area (Å²) in [6.45, 7) is 15.1. The number of ether oxygens (including phenoxy) is 5. The van der Waals surface area contributed by atoms with Crippen molar-refractivity contribution >= 4 is 53.9 Å². The highest BCUT2D eigenvalue weighted by molar-refractivity contribution is 6.76. The van der Waals surface area contributed by atoms with Crippen LogP contribution >= 0.6 is 0 Å². The van der Waals surface area contributed by atoms with E-state index in [-0.39, 0.29) is 66.7 Å². The molecule has 0 bridgehead atoms. The van der Waals surface area contributed by atoms with Crippen LogP contribution in [-0.4, -0.2) is 100 Å². The molecule has 4 amide bonds. The molecular formula is C77H75F2N7O9Si. The maximum Gasteiger partial charge on any atom is 0.422 e. The normalized spacial score (nSPS) is 14.0. The van der Waals surface area contributed by atoms with Gasteiger partial charge in [0.05, 0.1) is 30.8 Å². The zero-order valence-electron chi connectivity index (χ0n) is 54.5. The number of piperazine rings is 1. The van der Waals surface area contributed by atoms with Crippen LogP contribution in [0.3, 0.4) is 0 Å². The molecule has 96 heavy (non-hydrogen) atoms. The van der Waals surface area contributed by atoms with Crippen molar-refractivity contribution in [1.29, 1.82) is 0 Å². The van der Waals surface area contributed by atoms with Crippen molar-refractivity contribution in [3.8, 4) is 23.0 Å². The number of amides is 4. The molecule has 0 saturated carbocycles. The maximum atomic E-state index is 14.5. The van der Waals surface area contributed by atoms with Gasteiger partial charge in [-0.1, -0.05) is 165 Å². The first kappa shape index (κ1) is 65.6. The highest BCUT2D eigenvalue weighted by atomic mass is 28.3. The molecule has 1 N–H and O–H groups in total. The Morgan fingerprint density at radius 1 is 0.531 bits per heavy atom. The van der Waals surface area contributed by atoms with Crippen LogP contribution in [0.1, 0.15) is 98.2 Å². The summed E-state index contributed by atoms with van der Waals surface area (Å²) in [6, 6.07) is 60.2. The Hall–Kier alpha value is -10.5. The molecule has 10 aromatic rings. The van der Waals surface area contributed by atoms with E-state index in [0.717, 1.165) is 50.4 Å². The average molecular weight is 1310 g/mol. The van der Waals surface area contributed by atoms with E-state index in [1.807, 2.05) is 133 Å². The molecule has 1 fully saturated rings. The number of aromatic nitrogens is 2. The molecule has 0 spiro atoms. The molecule has 0 unspecified atom stereocenters. The van der Waals surface area contributed by atoms with Crippen molar-refractivity contribution < 1.29 is 51.6 Å². The van der Waals surface area contributed by atoms with Crippen molar-refractivity contribution in [3.63, 3.8) is 0 Å². The Balaban J connectivity index is 0.000000187. The summed E-state index contributed by atoms with van der Waals surface area (Å²) in [5.41, 5.74) is 10.4. The highest BCUT2D eigenvalue weighted by Crippen LogP contribution is 2.49. The van der Waals surface area contributed by atoms with Crippen molar-refractivity contribution in [3.05, 3.63) is 274 Å². The fourth-order valence-electron chi connectivity index (χ4n) is 12.0. The summed E-state index contributed by atoms with van der Waals surface area (Å²) in [5, 5.41) is 3.03. The number of hydrogen-bond acceptors (Lipinski definition) is 12. The third-order valence-electron chi connectivity index (χ3n) is 16.8. The van der Waals surface area contributed by atoms with Gasteiger partial charge in [-0.3, -0.25) is 25.0 Å². The van der Waals surface area contributed by atoms with Crippen molar-refractivity contribution in [2.45, 2.75) is 90.4 Å². The Morgan fingerprint density at radius 2 is 0.938 bits per heavy atom. The second-order valence-electron chi connectivity index (χ2n) is 26.2. The van der Waals surface area contributed by atoms with Crippen LogP contribution in [0.4, 0.5) is 18.4 Å². The predicted octanol–water partition coefficient (Wildman–Crippen LogP) is 15.7. The number of carbonyl (C=O) groups is 4. The quantitative estimate of drug-likeness (QED) is 0.0810. The molecule has 19 heteroatoms. The van der Waals surface area contributed by atoms with Gasteiger partial charge in [0.2, 0.25) is 0 Å². The number of fused-ring (bicyclic) bond motifs is 4. The Kier molecular flexibility index (Phi) is 19.5.